The highest BCUT2D eigenvalue weighted by Crippen LogP contribution is 2.36. The molecule has 0 fully saturated rings. The molecule has 4 heteroatoms. The Kier molecular flexibility index (Phi) is 3.59. The van der Waals surface area contributed by atoms with Crippen molar-refractivity contribution in [1.29, 1.82) is 0 Å². The third-order valence-electron chi connectivity index (χ3n) is 3.78. The minimum atomic E-state index is -0.0986. The predicted molar refractivity (Wildman–Crippen MR) is 87.2 cm³/mol. The number of ether oxygens (including phenoxy) is 2. The molecule has 0 unspecified atom stereocenters. The summed E-state index contributed by atoms with van der Waals surface area (Å²) >= 11 is 0. The van der Waals surface area contributed by atoms with E-state index in [0.29, 0.717) is 11.3 Å². The van der Waals surface area contributed by atoms with Gasteiger partial charge in [-0.05, 0) is 30.7 Å². The number of carbonyl (C=O) groups is 1. The minimum Gasteiger partial charge on any atom is -0.497 e. The molecule has 0 spiro atoms. The van der Waals surface area contributed by atoms with Crippen LogP contribution in [0.15, 0.2) is 36.4 Å². The van der Waals surface area contributed by atoms with Crippen LogP contribution in [0.3, 0.4) is 0 Å². The summed E-state index contributed by atoms with van der Waals surface area (Å²) in [6, 6.07) is 11.4. The molecular weight excluding hydrogens is 278 g/mol. The Hall–Kier alpha value is -2.75. The van der Waals surface area contributed by atoms with Crippen molar-refractivity contribution in [1.82, 2.24) is 0 Å². The molecule has 0 bridgehead atoms. The third kappa shape index (κ3) is 2.33. The zero-order valence-corrected chi connectivity index (χ0v) is 12.8. The van der Waals surface area contributed by atoms with E-state index in [9.17, 15) is 4.79 Å². The van der Waals surface area contributed by atoms with E-state index in [1.54, 1.807) is 14.2 Å². The average molecular weight is 295 g/mol. The van der Waals surface area contributed by atoms with E-state index in [-0.39, 0.29) is 5.91 Å². The molecule has 1 amide bonds. The molecule has 1 N–H and O–H groups in total. The lowest BCUT2D eigenvalue weighted by atomic mass is 10.0. The zero-order chi connectivity index (χ0) is 15.7. The summed E-state index contributed by atoms with van der Waals surface area (Å²) in [5.74, 6) is 1.31. The quantitative estimate of drug-likeness (QED) is 0.882. The van der Waals surface area contributed by atoms with Crippen LogP contribution in [0.4, 0.5) is 5.69 Å². The van der Waals surface area contributed by atoms with Crippen LogP contribution in [0, 0.1) is 6.92 Å². The summed E-state index contributed by atoms with van der Waals surface area (Å²) in [5.41, 5.74) is 4.25. The predicted octanol–water partition coefficient (Wildman–Crippen LogP) is 3.50. The van der Waals surface area contributed by atoms with E-state index in [4.69, 9.17) is 9.47 Å². The maximum Gasteiger partial charge on any atom is 0.256 e. The van der Waals surface area contributed by atoms with E-state index < -0.39 is 0 Å². The van der Waals surface area contributed by atoms with Crippen LogP contribution in [0.2, 0.25) is 0 Å². The number of rotatable bonds is 3. The highest BCUT2D eigenvalue weighted by Gasteiger charge is 2.24. The molecule has 0 saturated carbocycles. The molecule has 2 aromatic rings. The number of hydrogen-bond donors (Lipinski definition) is 1. The van der Waals surface area contributed by atoms with Crippen molar-refractivity contribution in [2.45, 2.75) is 6.92 Å². The fourth-order valence-electron chi connectivity index (χ4n) is 2.63. The van der Waals surface area contributed by atoms with E-state index in [2.05, 4.69) is 5.32 Å². The number of fused-ring (bicyclic) bond motifs is 1. The molecular formula is C18H17NO3. The lowest BCUT2D eigenvalue weighted by Crippen LogP contribution is -2.04. The number of anilines is 1. The molecule has 3 rings (SSSR count). The first-order valence-corrected chi connectivity index (χ1v) is 6.99. The summed E-state index contributed by atoms with van der Waals surface area (Å²) in [4.78, 5) is 12.2. The molecule has 0 atom stereocenters. The first kappa shape index (κ1) is 14.2. The summed E-state index contributed by atoms with van der Waals surface area (Å²) in [5, 5.41) is 2.87. The van der Waals surface area contributed by atoms with E-state index in [1.807, 2.05) is 49.4 Å². The molecule has 0 aromatic heterocycles. The van der Waals surface area contributed by atoms with Crippen molar-refractivity contribution in [2.24, 2.45) is 0 Å². The van der Waals surface area contributed by atoms with Crippen LogP contribution in [0.5, 0.6) is 11.5 Å². The molecule has 112 valence electrons. The fourth-order valence-corrected chi connectivity index (χ4v) is 2.63. The molecule has 0 saturated heterocycles. The number of para-hydroxylation sites is 1. The smallest absolute Gasteiger partial charge is 0.256 e. The van der Waals surface area contributed by atoms with Gasteiger partial charge in [-0.3, -0.25) is 4.79 Å². The zero-order valence-electron chi connectivity index (χ0n) is 12.8. The van der Waals surface area contributed by atoms with E-state index >= 15 is 0 Å². The Morgan fingerprint density at radius 2 is 1.86 bits per heavy atom. The van der Waals surface area contributed by atoms with Crippen LogP contribution >= 0.6 is 0 Å². The lowest BCUT2D eigenvalue weighted by molar-refractivity contribution is -0.110. The number of methoxy groups -OCH3 is 2. The van der Waals surface area contributed by atoms with Crippen LogP contribution in [0.1, 0.15) is 16.7 Å². The first-order chi connectivity index (χ1) is 10.6. The number of benzene rings is 2. The van der Waals surface area contributed by atoms with Gasteiger partial charge in [-0.2, -0.15) is 0 Å². The number of aryl methyl sites for hydroxylation is 1. The van der Waals surface area contributed by atoms with Gasteiger partial charge >= 0.3 is 0 Å². The molecule has 1 heterocycles. The highest BCUT2D eigenvalue weighted by atomic mass is 16.5. The van der Waals surface area contributed by atoms with Gasteiger partial charge in [0.05, 0.1) is 14.2 Å². The van der Waals surface area contributed by atoms with Gasteiger partial charge in [-0.15, -0.1) is 0 Å². The molecule has 0 radical (unpaired) electrons. The molecule has 0 aliphatic carbocycles. The molecule has 1 aliphatic heterocycles. The Balaban J connectivity index is 2.15. The van der Waals surface area contributed by atoms with Gasteiger partial charge in [0.2, 0.25) is 0 Å². The Bertz CT molecular complexity index is 778. The second-order valence-corrected chi connectivity index (χ2v) is 5.12. The van der Waals surface area contributed by atoms with Gasteiger partial charge < -0.3 is 14.8 Å². The molecule has 4 nitrogen and oxygen atoms in total. The maximum absolute atomic E-state index is 12.2. The monoisotopic (exact) mass is 295 g/mol. The standard InChI is InChI=1S/C18H17NO3/c1-11-8-12(21-2)9-17(22-3)14(11)10-15-13-6-4-5-7-16(13)19-18(15)20/h4-10H,1-3H3,(H,19,20). The van der Waals surface area contributed by atoms with Crippen molar-refractivity contribution in [3.63, 3.8) is 0 Å². The largest absolute Gasteiger partial charge is 0.497 e. The summed E-state index contributed by atoms with van der Waals surface area (Å²) < 4.78 is 10.7. The number of amides is 1. The second-order valence-electron chi connectivity index (χ2n) is 5.12. The normalized spacial score (nSPS) is 14.7. The fraction of sp³-hybridized carbons (Fsp3) is 0.167. The van der Waals surface area contributed by atoms with Crippen LogP contribution in [-0.4, -0.2) is 20.1 Å². The summed E-state index contributed by atoms with van der Waals surface area (Å²) in [7, 11) is 3.23. The third-order valence-corrected chi connectivity index (χ3v) is 3.78. The van der Waals surface area contributed by atoms with Gasteiger partial charge in [0.15, 0.2) is 0 Å². The lowest BCUT2D eigenvalue weighted by Gasteiger charge is -2.11. The van der Waals surface area contributed by atoms with Gasteiger partial charge in [0.1, 0.15) is 11.5 Å². The SMILES string of the molecule is COc1cc(C)c(C=C2C(=O)Nc3ccccc32)c(OC)c1. The van der Waals surface area contributed by atoms with E-state index in [0.717, 1.165) is 28.1 Å². The molecule has 1 aliphatic rings. The topological polar surface area (TPSA) is 47.6 Å². The molecule has 22 heavy (non-hydrogen) atoms. The minimum absolute atomic E-state index is 0.0986. The average Bonchev–Trinajstić information content (AvgIpc) is 2.84. The Morgan fingerprint density at radius 1 is 1.09 bits per heavy atom. The van der Waals surface area contributed by atoms with Crippen LogP contribution in [0.25, 0.3) is 11.6 Å². The number of carbonyl (C=O) groups excluding carboxylic acids is 1. The van der Waals surface area contributed by atoms with Crippen molar-refractivity contribution in [3.8, 4) is 11.5 Å². The summed E-state index contributed by atoms with van der Waals surface area (Å²) in [6.45, 7) is 1.97. The van der Waals surface area contributed by atoms with Crippen molar-refractivity contribution in [2.75, 3.05) is 19.5 Å². The highest BCUT2D eigenvalue weighted by molar-refractivity contribution is 6.35. The van der Waals surface area contributed by atoms with Gasteiger partial charge in [0, 0.05) is 28.5 Å². The van der Waals surface area contributed by atoms with Gasteiger partial charge in [-0.25, -0.2) is 0 Å². The Morgan fingerprint density at radius 3 is 2.59 bits per heavy atom. The van der Waals surface area contributed by atoms with Crippen molar-refractivity contribution in [3.05, 3.63) is 53.1 Å². The van der Waals surface area contributed by atoms with Crippen molar-refractivity contribution >= 4 is 23.2 Å². The first-order valence-electron chi connectivity index (χ1n) is 6.99. The van der Waals surface area contributed by atoms with Crippen molar-refractivity contribution < 1.29 is 14.3 Å². The number of hydrogen-bond acceptors (Lipinski definition) is 3. The summed E-state index contributed by atoms with van der Waals surface area (Å²) in [6.07, 6.45) is 1.87. The molecule has 2 aromatic carbocycles. The van der Waals surface area contributed by atoms with Crippen LogP contribution in [-0.2, 0) is 4.79 Å². The van der Waals surface area contributed by atoms with Gasteiger partial charge in [0.25, 0.3) is 5.91 Å². The van der Waals surface area contributed by atoms with E-state index in [1.165, 1.54) is 0 Å². The number of nitrogens with one attached hydrogen (secondary N) is 1. The maximum atomic E-state index is 12.2. The van der Waals surface area contributed by atoms with Crippen LogP contribution < -0.4 is 14.8 Å². The van der Waals surface area contributed by atoms with Gasteiger partial charge in [-0.1, -0.05) is 18.2 Å². The Labute approximate surface area is 129 Å². The second kappa shape index (κ2) is 5.56.